The second kappa shape index (κ2) is 5.82. The number of halogens is 1. The van der Waals surface area contributed by atoms with Gasteiger partial charge in [-0.25, -0.2) is 4.39 Å². The number of rotatable bonds is 3. The van der Waals surface area contributed by atoms with Gasteiger partial charge in [0, 0.05) is 18.2 Å². The van der Waals surface area contributed by atoms with Crippen molar-refractivity contribution in [3.8, 4) is 5.75 Å². The van der Waals surface area contributed by atoms with Gasteiger partial charge < -0.3 is 15.7 Å². The topological polar surface area (TPSA) is 61.4 Å². The SMILES string of the molecule is O=C(CC1CCNCC1)Nc1ccc(O)c(F)c1. The predicted molar refractivity (Wildman–Crippen MR) is 66.9 cm³/mol. The summed E-state index contributed by atoms with van der Waals surface area (Å²) in [5, 5.41) is 14.9. The summed E-state index contributed by atoms with van der Waals surface area (Å²) in [7, 11) is 0. The molecule has 98 valence electrons. The molecule has 0 bridgehead atoms. The molecule has 0 saturated carbocycles. The molecule has 1 aromatic rings. The Morgan fingerprint density at radius 2 is 2.17 bits per heavy atom. The van der Waals surface area contributed by atoms with Gasteiger partial charge in [0.15, 0.2) is 11.6 Å². The van der Waals surface area contributed by atoms with Crippen molar-refractivity contribution in [2.45, 2.75) is 19.3 Å². The van der Waals surface area contributed by atoms with Crippen molar-refractivity contribution in [1.29, 1.82) is 0 Å². The molecule has 18 heavy (non-hydrogen) atoms. The lowest BCUT2D eigenvalue weighted by molar-refractivity contribution is -0.117. The summed E-state index contributed by atoms with van der Waals surface area (Å²) < 4.78 is 13.1. The van der Waals surface area contributed by atoms with Crippen LogP contribution in [-0.4, -0.2) is 24.1 Å². The number of nitrogens with one attached hydrogen (secondary N) is 2. The largest absolute Gasteiger partial charge is 0.505 e. The van der Waals surface area contributed by atoms with Gasteiger partial charge in [-0.1, -0.05) is 0 Å². The highest BCUT2D eigenvalue weighted by Crippen LogP contribution is 2.21. The Balaban J connectivity index is 1.88. The predicted octanol–water partition coefficient (Wildman–Crippen LogP) is 1.86. The number of phenolic OH excluding ortho intramolecular Hbond substituents is 1. The molecule has 4 nitrogen and oxygen atoms in total. The number of aromatic hydroxyl groups is 1. The molecular weight excluding hydrogens is 235 g/mol. The first-order valence-electron chi connectivity index (χ1n) is 6.14. The number of anilines is 1. The van der Waals surface area contributed by atoms with Crippen LogP contribution in [0.25, 0.3) is 0 Å². The van der Waals surface area contributed by atoms with Crippen molar-refractivity contribution in [2.75, 3.05) is 18.4 Å². The third-order valence-corrected chi connectivity index (χ3v) is 3.16. The number of hydrogen-bond donors (Lipinski definition) is 3. The van der Waals surface area contributed by atoms with E-state index >= 15 is 0 Å². The van der Waals surface area contributed by atoms with Crippen LogP contribution in [0.4, 0.5) is 10.1 Å². The Hall–Kier alpha value is -1.62. The minimum absolute atomic E-state index is 0.105. The molecule has 1 aliphatic heterocycles. The average Bonchev–Trinajstić information content (AvgIpc) is 2.35. The minimum atomic E-state index is -0.727. The van der Waals surface area contributed by atoms with Gasteiger partial charge in [0.2, 0.25) is 5.91 Å². The molecule has 1 heterocycles. The highest BCUT2D eigenvalue weighted by Gasteiger charge is 2.16. The van der Waals surface area contributed by atoms with Crippen LogP contribution in [0, 0.1) is 11.7 Å². The highest BCUT2D eigenvalue weighted by molar-refractivity contribution is 5.90. The number of piperidine rings is 1. The molecule has 0 radical (unpaired) electrons. The fourth-order valence-corrected chi connectivity index (χ4v) is 2.14. The van der Waals surface area contributed by atoms with Crippen molar-refractivity contribution < 1.29 is 14.3 Å². The van der Waals surface area contributed by atoms with Crippen LogP contribution < -0.4 is 10.6 Å². The smallest absolute Gasteiger partial charge is 0.224 e. The van der Waals surface area contributed by atoms with Gasteiger partial charge in [-0.3, -0.25) is 4.79 Å². The van der Waals surface area contributed by atoms with Gasteiger partial charge in [0.1, 0.15) is 0 Å². The summed E-state index contributed by atoms with van der Waals surface area (Å²) in [4.78, 5) is 11.8. The van der Waals surface area contributed by atoms with Gasteiger partial charge in [-0.05, 0) is 44.0 Å². The molecule has 5 heteroatoms. The lowest BCUT2D eigenvalue weighted by Gasteiger charge is -2.21. The van der Waals surface area contributed by atoms with E-state index in [1.165, 1.54) is 12.1 Å². The van der Waals surface area contributed by atoms with Gasteiger partial charge in [-0.15, -0.1) is 0 Å². The zero-order valence-corrected chi connectivity index (χ0v) is 10.1. The first-order valence-corrected chi connectivity index (χ1v) is 6.14. The number of carbonyl (C=O) groups excluding carboxylic acids is 1. The van der Waals surface area contributed by atoms with Crippen molar-refractivity contribution >= 4 is 11.6 Å². The van der Waals surface area contributed by atoms with E-state index < -0.39 is 11.6 Å². The van der Waals surface area contributed by atoms with E-state index in [-0.39, 0.29) is 5.91 Å². The van der Waals surface area contributed by atoms with Gasteiger partial charge in [0.05, 0.1) is 0 Å². The Morgan fingerprint density at radius 3 is 2.83 bits per heavy atom. The molecule has 0 spiro atoms. The van der Waals surface area contributed by atoms with Gasteiger partial charge >= 0.3 is 0 Å². The van der Waals surface area contributed by atoms with Gasteiger partial charge in [0.25, 0.3) is 0 Å². The van der Waals surface area contributed by atoms with E-state index in [0.29, 0.717) is 18.0 Å². The van der Waals surface area contributed by atoms with Crippen LogP contribution in [0.1, 0.15) is 19.3 Å². The Kier molecular flexibility index (Phi) is 4.15. The summed E-state index contributed by atoms with van der Waals surface area (Å²) in [5.74, 6) is -0.846. The maximum Gasteiger partial charge on any atom is 0.224 e. The molecule has 1 saturated heterocycles. The van der Waals surface area contributed by atoms with Gasteiger partial charge in [-0.2, -0.15) is 0 Å². The standard InChI is InChI=1S/C13H17FN2O2/c14-11-8-10(1-2-12(11)17)16-13(18)7-9-3-5-15-6-4-9/h1-2,8-9,15,17H,3-7H2,(H,16,18). The van der Waals surface area contributed by atoms with E-state index in [1.807, 2.05) is 0 Å². The molecule has 1 amide bonds. The van der Waals surface area contributed by atoms with Crippen LogP contribution in [0.5, 0.6) is 5.75 Å². The zero-order valence-electron chi connectivity index (χ0n) is 10.1. The Morgan fingerprint density at radius 1 is 1.44 bits per heavy atom. The molecule has 0 atom stereocenters. The summed E-state index contributed by atoms with van der Waals surface area (Å²) in [6, 6.07) is 3.84. The fraction of sp³-hybridized carbons (Fsp3) is 0.462. The van der Waals surface area contributed by atoms with Crippen LogP contribution in [0.15, 0.2) is 18.2 Å². The van der Waals surface area contributed by atoms with Crippen LogP contribution in [0.3, 0.4) is 0 Å². The maximum atomic E-state index is 13.1. The number of hydrogen-bond acceptors (Lipinski definition) is 3. The average molecular weight is 252 g/mol. The lowest BCUT2D eigenvalue weighted by atomic mass is 9.94. The second-order valence-electron chi connectivity index (χ2n) is 4.61. The highest BCUT2D eigenvalue weighted by atomic mass is 19.1. The fourth-order valence-electron chi connectivity index (χ4n) is 2.14. The Bertz CT molecular complexity index is 431. The number of amides is 1. The van der Waals surface area contributed by atoms with Crippen molar-refractivity contribution in [3.05, 3.63) is 24.0 Å². The minimum Gasteiger partial charge on any atom is -0.505 e. The summed E-state index contributed by atoms with van der Waals surface area (Å²) in [5.41, 5.74) is 0.379. The molecule has 2 rings (SSSR count). The van der Waals surface area contributed by atoms with E-state index in [0.717, 1.165) is 32.0 Å². The third-order valence-electron chi connectivity index (χ3n) is 3.16. The summed E-state index contributed by atoms with van der Waals surface area (Å²) in [6.07, 6.45) is 2.46. The van der Waals surface area contributed by atoms with Crippen molar-refractivity contribution in [2.24, 2.45) is 5.92 Å². The van der Waals surface area contributed by atoms with E-state index in [4.69, 9.17) is 5.11 Å². The summed E-state index contributed by atoms with van der Waals surface area (Å²) in [6.45, 7) is 1.90. The molecule has 1 aromatic carbocycles. The van der Waals surface area contributed by atoms with Crippen LogP contribution >= 0.6 is 0 Å². The first-order chi connectivity index (χ1) is 8.65. The number of benzene rings is 1. The lowest BCUT2D eigenvalue weighted by Crippen LogP contribution is -2.30. The molecule has 0 aliphatic carbocycles. The van der Waals surface area contributed by atoms with Crippen LogP contribution in [0.2, 0.25) is 0 Å². The number of carbonyl (C=O) groups is 1. The normalized spacial score (nSPS) is 16.5. The van der Waals surface area contributed by atoms with E-state index in [2.05, 4.69) is 10.6 Å². The third kappa shape index (κ3) is 3.43. The number of phenols is 1. The maximum absolute atomic E-state index is 13.1. The zero-order chi connectivity index (χ0) is 13.0. The molecule has 1 aliphatic rings. The van der Waals surface area contributed by atoms with Crippen LogP contribution in [-0.2, 0) is 4.79 Å². The molecule has 3 N–H and O–H groups in total. The monoisotopic (exact) mass is 252 g/mol. The quantitative estimate of drug-likeness (QED) is 0.720. The second-order valence-corrected chi connectivity index (χ2v) is 4.61. The van der Waals surface area contributed by atoms with E-state index in [9.17, 15) is 9.18 Å². The molecule has 0 unspecified atom stereocenters. The van der Waals surface area contributed by atoms with Crippen molar-refractivity contribution in [3.63, 3.8) is 0 Å². The summed E-state index contributed by atoms with van der Waals surface area (Å²) >= 11 is 0. The Labute approximate surface area is 105 Å². The first kappa shape index (κ1) is 12.8. The molecular formula is C13H17FN2O2. The van der Waals surface area contributed by atoms with Crippen molar-refractivity contribution in [1.82, 2.24) is 5.32 Å². The molecule has 1 fully saturated rings. The van der Waals surface area contributed by atoms with E-state index in [1.54, 1.807) is 0 Å². The molecule has 0 aromatic heterocycles.